The summed E-state index contributed by atoms with van der Waals surface area (Å²) in [4.78, 5) is 9.43. The predicted octanol–water partition coefficient (Wildman–Crippen LogP) is 2.90. The Balaban J connectivity index is 1.52. The van der Waals surface area contributed by atoms with Gasteiger partial charge in [-0.05, 0) is 47.0 Å². The van der Waals surface area contributed by atoms with Crippen molar-refractivity contribution in [3.63, 3.8) is 0 Å². The summed E-state index contributed by atoms with van der Waals surface area (Å²) in [6, 6.07) is 7.03. The number of hydrogen-bond acceptors (Lipinski definition) is 4. The van der Waals surface area contributed by atoms with Gasteiger partial charge in [-0.2, -0.15) is 0 Å². The van der Waals surface area contributed by atoms with Crippen molar-refractivity contribution in [2.24, 2.45) is 4.99 Å². The molecule has 0 radical (unpaired) electrons. The number of piperazine rings is 1. The zero-order valence-corrected chi connectivity index (χ0v) is 17.1. The van der Waals surface area contributed by atoms with E-state index in [1.54, 1.807) is 6.26 Å². The molecule has 1 aromatic carbocycles. The summed E-state index contributed by atoms with van der Waals surface area (Å²) in [5.74, 6) is 0.707. The van der Waals surface area contributed by atoms with Crippen LogP contribution in [-0.2, 0) is 13.0 Å². The fourth-order valence-electron chi connectivity index (χ4n) is 3.08. The van der Waals surface area contributed by atoms with Crippen LogP contribution >= 0.6 is 15.9 Å². The molecule has 2 heterocycles. The smallest absolute Gasteiger partial charge is 0.194 e. The number of guanidine groups is 1. The van der Waals surface area contributed by atoms with E-state index in [9.17, 15) is 4.39 Å². The van der Waals surface area contributed by atoms with Crippen LogP contribution in [0.15, 0.2) is 44.5 Å². The highest BCUT2D eigenvalue weighted by Gasteiger charge is 2.20. The maximum Gasteiger partial charge on any atom is 0.194 e. The van der Waals surface area contributed by atoms with Gasteiger partial charge in [0.1, 0.15) is 12.1 Å². The quantitative estimate of drug-likeness (QED) is 0.556. The van der Waals surface area contributed by atoms with E-state index in [4.69, 9.17) is 9.52 Å². The second-order valence-corrected chi connectivity index (χ2v) is 7.34. The van der Waals surface area contributed by atoms with Gasteiger partial charge in [0, 0.05) is 51.9 Å². The lowest BCUT2D eigenvalue weighted by atomic mass is 10.1. The minimum Gasteiger partial charge on any atom is -0.364 e. The molecule has 0 unspecified atom stereocenters. The van der Waals surface area contributed by atoms with Gasteiger partial charge in [-0.25, -0.2) is 4.39 Å². The molecule has 146 valence electrons. The van der Waals surface area contributed by atoms with Crippen LogP contribution in [-0.4, -0.2) is 60.2 Å². The molecule has 0 saturated carbocycles. The fraction of sp³-hybridized carbons (Fsp3) is 0.474. The van der Waals surface area contributed by atoms with E-state index in [0.717, 1.165) is 62.9 Å². The molecule has 3 rings (SSSR count). The van der Waals surface area contributed by atoms with Gasteiger partial charge in [0.05, 0.1) is 10.2 Å². The Morgan fingerprint density at radius 1 is 1.30 bits per heavy atom. The summed E-state index contributed by atoms with van der Waals surface area (Å²) in [6.45, 7) is 8.16. The summed E-state index contributed by atoms with van der Waals surface area (Å²) < 4.78 is 18.7. The van der Waals surface area contributed by atoms with Crippen LogP contribution in [0.2, 0.25) is 0 Å². The number of nitrogens with one attached hydrogen (secondary N) is 1. The summed E-state index contributed by atoms with van der Waals surface area (Å²) in [5, 5.41) is 7.36. The molecule has 6 nitrogen and oxygen atoms in total. The van der Waals surface area contributed by atoms with Crippen LogP contribution in [0.3, 0.4) is 0 Å². The second-order valence-electron chi connectivity index (χ2n) is 6.49. The third kappa shape index (κ3) is 5.77. The molecule has 1 aromatic heterocycles. The molecule has 0 spiro atoms. The van der Waals surface area contributed by atoms with Crippen molar-refractivity contribution >= 4 is 21.9 Å². The highest BCUT2D eigenvalue weighted by atomic mass is 79.9. The average Bonchev–Trinajstić information content (AvgIpc) is 3.18. The molecule has 0 aliphatic carbocycles. The van der Waals surface area contributed by atoms with Crippen LogP contribution in [0.4, 0.5) is 4.39 Å². The summed E-state index contributed by atoms with van der Waals surface area (Å²) in [7, 11) is 0. The number of nitrogens with zero attached hydrogens (tertiary/aromatic N) is 4. The average molecular weight is 438 g/mol. The standard InChI is InChI=1S/C19H25BrFN5O/c1-2-22-19(23-7-5-15-3-4-18(21)17(20)13-15)26-10-8-25(9-11-26)14-16-6-12-27-24-16/h3-4,6,12-13H,2,5,7-11,14H2,1H3,(H,22,23). The Bertz CT molecular complexity index is 745. The molecule has 0 bridgehead atoms. The van der Waals surface area contributed by atoms with Crippen molar-refractivity contribution in [3.8, 4) is 0 Å². The molecule has 1 saturated heterocycles. The van der Waals surface area contributed by atoms with Crippen molar-refractivity contribution < 1.29 is 8.91 Å². The van der Waals surface area contributed by atoms with Crippen molar-refractivity contribution in [1.29, 1.82) is 0 Å². The molecule has 1 N–H and O–H groups in total. The summed E-state index contributed by atoms with van der Waals surface area (Å²) in [5.41, 5.74) is 2.04. The molecule has 1 aliphatic rings. The molecular formula is C19H25BrFN5O. The molecule has 27 heavy (non-hydrogen) atoms. The first kappa shape index (κ1) is 19.8. The highest BCUT2D eigenvalue weighted by molar-refractivity contribution is 9.10. The summed E-state index contributed by atoms with van der Waals surface area (Å²) in [6.07, 6.45) is 2.39. The van der Waals surface area contributed by atoms with Gasteiger partial charge in [0.15, 0.2) is 5.96 Å². The maximum absolute atomic E-state index is 13.3. The number of aliphatic imine (C=N–C) groups is 1. The molecule has 0 amide bonds. The molecule has 1 fully saturated rings. The van der Waals surface area contributed by atoms with Crippen LogP contribution in [0.1, 0.15) is 18.2 Å². The zero-order valence-electron chi connectivity index (χ0n) is 15.5. The lowest BCUT2D eigenvalue weighted by molar-refractivity contribution is 0.169. The first-order valence-corrected chi connectivity index (χ1v) is 10.0. The first-order valence-electron chi connectivity index (χ1n) is 9.24. The van der Waals surface area contributed by atoms with Crippen LogP contribution in [0.25, 0.3) is 0 Å². The third-order valence-corrected chi connectivity index (χ3v) is 5.14. The number of rotatable bonds is 6. The maximum atomic E-state index is 13.3. The van der Waals surface area contributed by atoms with Crippen LogP contribution < -0.4 is 5.32 Å². The van der Waals surface area contributed by atoms with E-state index >= 15 is 0 Å². The molecule has 2 aromatic rings. The minimum absolute atomic E-state index is 0.237. The number of hydrogen-bond donors (Lipinski definition) is 1. The van der Waals surface area contributed by atoms with E-state index in [1.807, 2.05) is 18.2 Å². The summed E-state index contributed by atoms with van der Waals surface area (Å²) >= 11 is 3.23. The van der Waals surface area contributed by atoms with Gasteiger partial charge in [-0.15, -0.1) is 0 Å². The zero-order chi connectivity index (χ0) is 19.1. The Morgan fingerprint density at radius 2 is 2.11 bits per heavy atom. The fourth-order valence-corrected chi connectivity index (χ4v) is 3.50. The van der Waals surface area contributed by atoms with Crippen molar-refractivity contribution in [2.45, 2.75) is 19.9 Å². The van der Waals surface area contributed by atoms with Gasteiger partial charge in [-0.3, -0.25) is 9.89 Å². The van der Waals surface area contributed by atoms with E-state index in [0.29, 0.717) is 11.0 Å². The Hall–Kier alpha value is -1.93. The van der Waals surface area contributed by atoms with E-state index in [-0.39, 0.29) is 5.82 Å². The van der Waals surface area contributed by atoms with Crippen molar-refractivity contribution in [3.05, 3.63) is 52.1 Å². The van der Waals surface area contributed by atoms with E-state index in [1.165, 1.54) is 6.07 Å². The number of benzene rings is 1. The van der Waals surface area contributed by atoms with Gasteiger partial charge in [0.25, 0.3) is 0 Å². The Morgan fingerprint density at radius 3 is 2.78 bits per heavy atom. The van der Waals surface area contributed by atoms with E-state index < -0.39 is 0 Å². The normalized spacial score (nSPS) is 16.0. The van der Waals surface area contributed by atoms with Crippen LogP contribution in [0, 0.1) is 5.82 Å². The monoisotopic (exact) mass is 437 g/mol. The lowest BCUT2D eigenvalue weighted by Crippen LogP contribution is -2.52. The van der Waals surface area contributed by atoms with Gasteiger partial charge in [0.2, 0.25) is 0 Å². The highest BCUT2D eigenvalue weighted by Crippen LogP contribution is 2.17. The molecule has 0 atom stereocenters. The minimum atomic E-state index is -0.237. The van der Waals surface area contributed by atoms with Crippen molar-refractivity contribution in [2.75, 3.05) is 39.3 Å². The Labute approximate surface area is 167 Å². The predicted molar refractivity (Wildman–Crippen MR) is 107 cm³/mol. The second kappa shape index (κ2) is 9.85. The van der Waals surface area contributed by atoms with Gasteiger partial charge >= 0.3 is 0 Å². The topological polar surface area (TPSA) is 56.9 Å². The number of aromatic nitrogens is 1. The van der Waals surface area contributed by atoms with Crippen molar-refractivity contribution in [1.82, 2.24) is 20.3 Å². The number of halogens is 2. The van der Waals surface area contributed by atoms with Gasteiger partial charge in [-0.1, -0.05) is 11.2 Å². The van der Waals surface area contributed by atoms with E-state index in [2.05, 4.69) is 43.1 Å². The third-order valence-electron chi connectivity index (χ3n) is 4.53. The molecule has 8 heteroatoms. The van der Waals surface area contributed by atoms with Gasteiger partial charge < -0.3 is 14.7 Å². The molecular weight excluding hydrogens is 413 g/mol. The van der Waals surface area contributed by atoms with Crippen LogP contribution in [0.5, 0.6) is 0 Å². The first-order chi connectivity index (χ1) is 13.2. The SMILES string of the molecule is CCNC(=NCCc1ccc(F)c(Br)c1)N1CCN(Cc2ccon2)CC1. The Kier molecular flexibility index (Phi) is 7.23. The molecule has 1 aliphatic heterocycles. The largest absolute Gasteiger partial charge is 0.364 e. The lowest BCUT2D eigenvalue weighted by Gasteiger charge is -2.36.